The first kappa shape index (κ1) is 15.9. The fraction of sp³-hybridized carbons (Fsp3) is 0.312. The van der Waals surface area contributed by atoms with Crippen molar-refractivity contribution >= 4 is 11.6 Å². The number of nitrogens with zero attached hydrogens (tertiary/aromatic N) is 2. The number of hydrogen-bond donors (Lipinski definition) is 2. The predicted octanol–water partition coefficient (Wildman–Crippen LogP) is 2.72. The minimum Gasteiger partial charge on any atom is -0.437 e. The zero-order chi connectivity index (χ0) is 16.0. The number of nitrogens with one attached hydrogen (secondary N) is 1. The van der Waals surface area contributed by atoms with Crippen LogP contribution in [-0.4, -0.2) is 21.4 Å². The highest BCUT2D eigenvalue weighted by atomic mass is 16.5. The number of rotatable bonds is 6. The molecule has 0 aliphatic carbocycles. The molecule has 0 fully saturated rings. The summed E-state index contributed by atoms with van der Waals surface area (Å²) in [5.74, 6) is 0.735. The van der Waals surface area contributed by atoms with E-state index in [2.05, 4.69) is 15.3 Å². The lowest BCUT2D eigenvalue weighted by Gasteiger charge is -2.22. The summed E-state index contributed by atoms with van der Waals surface area (Å²) in [5, 5.41) is 2.81. The average Bonchev–Trinajstić information content (AvgIpc) is 2.48. The molecule has 2 aromatic rings. The number of carbonyl (C=O) groups is 1. The van der Waals surface area contributed by atoms with E-state index < -0.39 is 5.54 Å². The maximum absolute atomic E-state index is 12.2. The summed E-state index contributed by atoms with van der Waals surface area (Å²) in [4.78, 5) is 20.2. The van der Waals surface area contributed by atoms with Gasteiger partial charge in [0.2, 0.25) is 11.8 Å². The molecule has 2 rings (SSSR count). The van der Waals surface area contributed by atoms with Crippen LogP contribution in [0.4, 0.5) is 5.69 Å². The Bertz CT molecular complexity index is 629. The number of ether oxygens (including phenoxy) is 1. The lowest BCUT2D eigenvalue weighted by atomic mass is 9.96. The van der Waals surface area contributed by atoms with Gasteiger partial charge in [-0.25, -0.2) is 4.98 Å². The average molecular weight is 300 g/mol. The molecular formula is C16H20N4O2. The van der Waals surface area contributed by atoms with Crippen LogP contribution >= 0.6 is 0 Å². The Morgan fingerprint density at radius 3 is 2.91 bits per heavy atom. The summed E-state index contributed by atoms with van der Waals surface area (Å²) in [7, 11) is 0. The van der Waals surface area contributed by atoms with Crippen molar-refractivity contribution in [3.63, 3.8) is 0 Å². The van der Waals surface area contributed by atoms with Crippen LogP contribution in [-0.2, 0) is 4.79 Å². The molecule has 1 heterocycles. The molecule has 1 unspecified atom stereocenters. The Morgan fingerprint density at radius 1 is 1.41 bits per heavy atom. The van der Waals surface area contributed by atoms with Crippen molar-refractivity contribution in [2.24, 2.45) is 5.73 Å². The van der Waals surface area contributed by atoms with E-state index in [0.29, 0.717) is 23.7 Å². The quantitative estimate of drug-likeness (QED) is 0.856. The molecule has 1 atom stereocenters. The zero-order valence-electron chi connectivity index (χ0n) is 12.7. The van der Waals surface area contributed by atoms with Crippen LogP contribution < -0.4 is 15.8 Å². The molecule has 3 N–H and O–H groups in total. The molecule has 116 valence electrons. The zero-order valence-corrected chi connectivity index (χ0v) is 12.7. The molecule has 0 saturated carbocycles. The molecule has 0 saturated heterocycles. The fourth-order valence-corrected chi connectivity index (χ4v) is 2.00. The van der Waals surface area contributed by atoms with Crippen LogP contribution in [0.1, 0.15) is 26.7 Å². The van der Waals surface area contributed by atoms with Crippen LogP contribution in [0.15, 0.2) is 42.9 Å². The summed E-state index contributed by atoms with van der Waals surface area (Å²) in [6.45, 7) is 3.72. The summed E-state index contributed by atoms with van der Waals surface area (Å²) in [6.07, 6.45) is 6.10. The standard InChI is InChI=1S/C16H20N4O2/c1-3-7-16(2,17)15(21)20-12-5-4-6-13(10-12)22-14-11-18-8-9-19-14/h4-6,8-11H,3,7,17H2,1-2H3,(H,20,21). The molecule has 22 heavy (non-hydrogen) atoms. The molecule has 0 bridgehead atoms. The van der Waals surface area contributed by atoms with Gasteiger partial charge in [-0.15, -0.1) is 0 Å². The number of benzene rings is 1. The Labute approximate surface area is 129 Å². The first-order valence-electron chi connectivity index (χ1n) is 7.15. The maximum Gasteiger partial charge on any atom is 0.244 e. The molecule has 0 aliphatic heterocycles. The smallest absolute Gasteiger partial charge is 0.244 e. The largest absolute Gasteiger partial charge is 0.437 e. The van der Waals surface area contributed by atoms with Gasteiger partial charge in [-0.2, -0.15) is 0 Å². The van der Waals surface area contributed by atoms with Crippen LogP contribution in [0.5, 0.6) is 11.6 Å². The number of amides is 1. The van der Waals surface area contributed by atoms with Crippen molar-refractivity contribution < 1.29 is 9.53 Å². The summed E-state index contributed by atoms with van der Waals surface area (Å²) in [5.41, 5.74) is 5.75. The van der Waals surface area contributed by atoms with Crippen molar-refractivity contribution in [2.45, 2.75) is 32.2 Å². The predicted molar refractivity (Wildman–Crippen MR) is 84.7 cm³/mol. The Balaban J connectivity index is 2.07. The first-order valence-corrected chi connectivity index (χ1v) is 7.15. The molecule has 6 heteroatoms. The highest BCUT2D eigenvalue weighted by Gasteiger charge is 2.27. The topological polar surface area (TPSA) is 90.1 Å². The minimum absolute atomic E-state index is 0.217. The van der Waals surface area contributed by atoms with E-state index in [1.165, 1.54) is 6.20 Å². The van der Waals surface area contributed by atoms with Gasteiger partial charge < -0.3 is 15.8 Å². The van der Waals surface area contributed by atoms with E-state index in [0.717, 1.165) is 6.42 Å². The van der Waals surface area contributed by atoms with Gasteiger partial charge in [0.15, 0.2) is 0 Å². The van der Waals surface area contributed by atoms with Crippen molar-refractivity contribution in [2.75, 3.05) is 5.32 Å². The van der Waals surface area contributed by atoms with Crippen LogP contribution in [0.2, 0.25) is 0 Å². The van der Waals surface area contributed by atoms with Gasteiger partial charge in [0.25, 0.3) is 0 Å². The maximum atomic E-state index is 12.2. The highest BCUT2D eigenvalue weighted by molar-refractivity contribution is 5.97. The number of nitrogens with two attached hydrogens (primary N) is 1. The lowest BCUT2D eigenvalue weighted by Crippen LogP contribution is -2.48. The molecule has 1 amide bonds. The number of aromatic nitrogens is 2. The van der Waals surface area contributed by atoms with E-state index in [9.17, 15) is 4.79 Å². The van der Waals surface area contributed by atoms with Gasteiger partial charge in [0.1, 0.15) is 5.75 Å². The second-order valence-corrected chi connectivity index (χ2v) is 5.30. The molecule has 0 radical (unpaired) electrons. The monoisotopic (exact) mass is 300 g/mol. The number of carbonyl (C=O) groups excluding carboxylic acids is 1. The third-order valence-electron chi connectivity index (χ3n) is 3.14. The molecular weight excluding hydrogens is 280 g/mol. The Kier molecular flexibility index (Phi) is 5.06. The highest BCUT2D eigenvalue weighted by Crippen LogP contribution is 2.23. The summed E-state index contributed by atoms with van der Waals surface area (Å²) in [6, 6.07) is 7.06. The van der Waals surface area contributed by atoms with Gasteiger partial charge >= 0.3 is 0 Å². The molecule has 6 nitrogen and oxygen atoms in total. The van der Waals surface area contributed by atoms with E-state index in [1.54, 1.807) is 43.6 Å². The minimum atomic E-state index is -0.892. The third kappa shape index (κ3) is 4.26. The second-order valence-electron chi connectivity index (χ2n) is 5.30. The van der Waals surface area contributed by atoms with Crippen molar-refractivity contribution in [3.05, 3.63) is 42.9 Å². The number of hydrogen-bond acceptors (Lipinski definition) is 5. The lowest BCUT2D eigenvalue weighted by molar-refractivity contribution is -0.120. The molecule has 1 aromatic carbocycles. The summed E-state index contributed by atoms with van der Waals surface area (Å²) < 4.78 is 5.58. The van der Waals surface area contributed by atoms with Crippen LogP contribution in [0, 0.1) is 0 Å². The van der Waals surface area contributed by atoms with Crippen molar-refractivity contribution in [1.29, 1.82) is 0 Å². The van der Waals surface area contributed by atoms with Crippen molar-refractivity contribution in [1.82, 2.24) is 9.97 Å². The van der Waals surface area contributed by atoms with Gasteiger partial charge in [-0.1, -0.05) is 19.4 Å². The normalized spacial score (nSPS) is 13.2. The van der Waals surface area contributed by atoms with Crippen LogP contribution in [0.25, 0.3) is 0 Å². The number of anilines is 1. The Hall–Kier alpha value is -2.47. The molecule has 0 aliphatic rings. The first-order chi connectivity index (χ1) is 10.5. The fourth-order valence-electron chi connectivity index (χ4n) is 2.00. The molecule has 1 aromatic heterocycles. The van der Waals surface area contributed by atoms with E-state index in [-0.39, 0.29) is 5.91 Å². The van der Waals surface area contributed by atoms with Gasteiger partial charge in [0.05, 0.1) is 11.7 Å². The van der Waals surface area contributed by atoms with Gasteiger partial charge in [-0.05, 0) is 25.5 Å². The van der Waals surface area contributed by atoms with Crippen molar-refractivity contribution in [3.8, 4) is 11.6 Å². The SMILES string of the molecule is CCCC(C)(N)C(=O)Nc1cccc(Oc2cnccn2)c1. The second kappa shape index (κ2) is 7.00. The van der Waals surface area contributed by atoms with E-state index >= 15 is 0 Å². The van der Waals surface area contributed by atoms with Gasteiger partial charge in [-0.3, -0.25) is 9.78 Å². The Morgan fingerprint density at radius 2 is 2.23 bits per heavy atom. The summed E-state index contributed by atoms with van der Waals surface area (Å²) >= 11 is 0. The molecule has 0 spiro atoms. The van der Waals surface area contributed by atoms with Crippen LogP contribution in [0.3, 0.4) is 0 Å². The van der Waals surface area contributed by atoms with E-state index in [4.69, 9.17) is 10.5 Å². The third-order valence-corrected chi connectivity index (χ3v) is 3.14. The van der Waals surface area contributed by atoms with Gasteiger partial charge in [0, 0.05) is 24.1 Å². The van der Waals surface area contributed by atoms with E-state index in [1.807, 2.05) is 6.92 Å².